The van der Waals surface area contributed by atoms with Crippen LogP contribution < -0.4 is 4.90 Å². The van der Waals surface area contributed by atoms with Crippen LogP contribution in [0.1, 0.15) is 22.3 Å². The molecule has 1 aromatic carbocycles. The van der Waals surface area contributed by atoms with Gasteiger partial charge in [0.2, 0.25) is 0 Å². The normalized spacial score (nSPS) is 10.6. The van der Waals surface area contributed by atoms with Crippen molar-refractivity contribution in [2.24, 2.45) is 0 Å². The minimum atomic E-state index is -0.0653. The molecule has 1 amide bonds. The Labute approximate surface area is 153 Å². The number of amides is 1. The number of pyridine rings is 1. The predicted molar refractivity (Wildman–Crippen MR) is 102 cm³/mol. The van der Waals surface area contributed by atoms with Crippen molar-refractivity contribution < 1.29 is 4.79 Å². The fraction of sp³-hybridized carbons (Fsp3) is 0.167. The summed E-state index contributed by atoms with van der Waals surface area (Å²) in [6.07, 6.45) is 1.69. The highest BCUT2D eigenvalue weighted by Crippen LogP contribution is 2.29. The van der Waals surface area contributed by atoms with E-state index in [0.29, 0.717) is 17.2 Å². The molecule has 0 fully saturated rings. The molecule has 3 rings (SSSR count). The minimum Gasteiger partial charge on any atom is -0.292 e. The predicted octanol–water partition coefficient (Wildman–Crippen LogP) is 4.94. The molecule has 0 atom stereocenters. The van der Waals surface area contributed by atoms with E-state index >= 15 is 0 Å². The van der Waals surface area contributed by atoms with E-state index in [-0.39, 0.29) is 5.91 Å². The highest BCUT2D eigenvalue weighted by atomic mass is 79.9. The minimum absolute atomic E-state index is 0.0653. The lowest BCUT2D eigenvalue weighted by Crippen LogP contribution is -2.31. The van der Waals surface area contributed by atoms with Crippen molar-refractivity contribution in [3.8, 4) is 10.6 Å². The lowest BCUT2D eigenvalue weighted by atomic mass is 10.2. The third-order valence-corrected chi connectivity index (χ3v) is 5.22. The maximum absolute atomic E-state index is 13.0. The first-order valence-electron chi connectivity index (χ1n) is 7.56. The molecule has 0 aliphatic heterocycles. The molecule has 0 N–H and O–H groups in total. The van der Waals surface area contributed by atoms with Gasteiger partial charge in [-0.05, 0) is 41.9 Å². The molecular formula is C18H16BrN3OS. The molecule has 0 aliphatic carbocycles. The lowest BCUT2D eigenvalue weighted by Gasteiger charge is -2.19. The SMILES string of the molecule is CCN(C(=O)c1sc(-c2ccccc2)nc1C)c1ccc(Br)cn1. The van der Waals surface area contributed by atoms with Gasteiger partial charge in [-0.25, -0.2) is 9.97 Å². The van der Waals surface area contributed by atoms with Gasteiger partial charge in [0, 0.05) is 22.8 Å². The molecule has 2 heterocycles. The number of rotatable bonds is 4. The number of carbonyl (C=O) groups is 1. The van der Waals surface area contributed by atoms with Gasteiger partial charge < -0.3 is 0 Å². The number of aromatic nitrogens is 2. The van der Waals surface area contributed by atoms with Crippen LogP contribution in [0, 0.1) is 6.92 Å². The summed E-state index contributed by atoms with van der Waals surface area (Å²) in [7, 11) is 0. The first kappa shape index (κ1) is 16.8. The quantitative estimate of drug-likeness (QED) is 0.621. The summed E-state index contributed by atoms with van der Waals surface area (Å²) in [5, 5.41) is 0.858. The Hall–Kier alpha value is -2.05. The van der Waals surface area contributed by atoms with Gasteiger partial charge >= 0.3 is 0 Å². The number of aryl methyl sites for hydroxylation is 1. The van der Waals surface area contributed by atoms with Crippen LogP contribution in [0.5, 0.6) is 0 Å². The average molecular weight is 402 g/mol. The number of benzene rings is 1. The monoisotopic (exact) mass is 401 g/mol. The summed E-state index contributed by atoms with van der Waals surface area (Å²) in [5.41, 5.74) is 1.77. The van der Waals surface area contributed by atoms with E-state index < -0.39 is 0 Å². The molecule has 0 unspecified atom stereocenters. The van der Waals surface area contributed by atoms with E-state index in [4.69, 9.17) is 0 Å². The van der Waals surface area contributed by atoms with Crippen molar-refractivity contribution in [2.45, 2.75) is 13.8 Å². The summed E-state index contributed by atoms with van der Waals surface area (Å²) >= 11 is 4.79. The highest BCUT2D eigenvalue weighted by Gasteiger charge is 2.22. The van der Waals surface area contributed by atoms with Gasteiger partial charge in [0.25, 0.3) is 5.91 Å². The van der Waals surface area contributed by atoms with E-state index in [0.717, 1.165) is 20.7 Å². The van der Waals surface area contributed by atoms with Crippen molar-refractivity contribution in [1.82, 2.24) is 9.97 Å². The molecule has 0 saturated carbocycles. The smallest absolute Gasteiger partial charge is 0.271 e. The average Bonchev–Trinajstić information content (AvgIpc) is 3.00. The molecule has 0 saturated heterocycles. The summed E-state index contributed by atoms with van der Waals surface area (Å²) in [6.45, 7) is 4.36. The fourth-order valence-electron chi connectivity index (χ4n) is 2.36. The van der Waals surface area contributed by atoms with Gasteiger partial charge in [-0.15, -0.1) is 11.3 Å². The number of thiazole rings is 1. The maximum Gasteiger partial charge on any atom is 0.271 e. The Morgan fingerprint density at radius 1 is 1.21 bits per heavy atom. The van der Waals surface area contributed by atoms with Crippen LogP contribution in [0.3, 0.4) is 0 Å². The second-order valence-corrected chi connectivity index (χ2v) is 7.10. The van der Waals surface area contributed by atoms with Crippen molar-refractivity contribution >= 4 is 39.0 Å². The maximum atomic E-state index is 13.0. The molecule has 0 aliphatic rings. The summed E-state index contributed by atoms with van der Waals surface area (Å²) in [4.78, 5) is 24.2. The van der Waals surface area contributed by atoms with Gasteiger partial charge in [0.15, 0.2) is 0 Å². The molecule has 2 aromatic heterocycles. The Morgan fingerprint density at radius 2 is 1.96 bits per heavy atom. The molecule has 0 spiro atoms. The van der Waals surface area contributed by atoms with Crippen molar-refractivity contribution in [2.75, 3.05) is 11.4 Å². The molecule has 122 valence electrons. The van der Waals surface area contributed by atoms with E-state index in [1.165, 1.54) is 11.3 Å². The van der Waals surface area contributed by atoms with Crippen LogP contribution in [0.25, 0.3) is 10.6 Å². The number of anilines is 1. The Bertz CT molecular complexity index is 846. The second-order valence-electron chi connectivity index (χ2n) is 5.18. The molecule has 0 bridgehead atoms. The topological polar surface area (TPSA) is 46.1 Å². The van der Waals surface area contributed by atoms with E-state index in [9.17, 15) is 4.79 Å². The van der Waals surface area contributed by atoms with Crippen molar-refractivity contribution in [3.05, 3.63) is 63.7 Å². The number of carbonyl (C=O) groups excluding carboxylic acids is 1. The van der Waals surface area contributed by atoms with Gasteiger partial charge in [-0.2, -0.15) is 0 Å². The lowest BCUT2D eigenvalue weighted by molar-refractivity contribution is 0.0990. The molecule has 3 aromatic rings. The standard InChI is InChI=1S/C18H16BrN3OS/c1-3-22(15-10-9-14(19)11-20-15)18(23)16-12(2)21-17(24-16)13-7-5-4-6-8-13/h4-11H,3H2,1-2H3. The van der Waals surface area contributed by atoms with Gasteiger partial charge in [0.05, 0.1) is 5.69 Å². The zero-order valence-corrected chi connectivity index (χ0v) is 15.8. The first-order chi connectivity index (χ1) is 11.6. The molecule has 6 heteroatoms. The van der Waals surface area contributed by atoms with Gasteiger partial charge in [-0.1, -0.05) is 30.3 Å². The number of nitrogens with zero attached hydrogens (tertiary/aromatic N) is 3. The van der Waals surface area contributed by atoms with E-state index in [1.54, 1.807) is 11.1 Å². The van der Waals surface area contributed by atoms with E-state index in [1.807, 2.05) is 56.3 Å². The largest absolute Gasteiger partial charge is 0.292 e. The van der Waals surface area contributed by atoms with Gasteiger partial charge in [-0.3, -0.25) is 9.69 Å². The third-order valence-electron chi connectivity index (χ3n) is 3.56. The van der Waals surface area contributed by atoms with Crippen molar-refractivity contribution in [1.29, 1.82) is 0 Å². The van der Waals surface area contributed by atoms with Crippen LogP contribution in [-0.2, 0) is 0 Å². The first-order valence-corrected chi connectivity index (χ1v) is 9.17. The molecule has 4 nitrogen and oxygen atoms in total. The van der Waals surface area contributed by atoms with Gasteiger partial charge in [0.1, 0.15) is 15.7 Å². The third kappa shape index (κ3) is 3.39. The summed E-state index contributed by atoms with van der Waals surface area (Å²) < 4.78 is 0.884. The summed E-state index contributed by atoms with van der Waals surface area (Å²) in [5.74, 6) is 0.573. The van der Waals surface area contributed by atoms with Crippen molar-refractivity contribution in [3.63, 3.8) is 0 Å². The molecular weight excluding hydrogens is 386 g/mol. The fourth-order valence-corrected chi connectivity index (χ4v) is 3.61. The Balaban J connectivity index is 1.94. The second kappa shape index (κ2) is 7.23. The van der Waals surface area contributed by atoms with Crippen LogP contribution in [0.2, 0.25) is 0 Å². The summed E-state index contributed by atoms with van der Waals surface area (Å²) in [6, 6.07) is 13.6. The zero-order valence-electron chi connectivity index (χ0n) is 13.4. The number of hydrogen-bond acceptors (Lipinski definition) is 4. The zero-order chi connectivity index (χ0) is 17.1. The van der Waals surface area contributed by atoms with Crippen LogP contribution in [0.4, 0.5) is 5.82 Å². The Morgan fingerprint density at radius 3 is 2.58 bits per heavy atom. The van der Waals surface area contributed by atoms with E-state index in [2.05, 4.69) is 25.9 Å². The number of halogens is 1. The van der Waals surface area contributed by atoms with Crippen LogP contribution >= 0.6 is 27.3 Å². The van der Waals surface area contributed by atoms with Crippen LogP contribution in [-0.4, -0.2) is 22.4 Å². The molecule has 24 heavy (non-hydrogen) atoms. The Kier molecular flexibility index (Phi) is 5.06. The molecule has 0 radical (unpaired) electrons. The number of hydrogen-bond donors (Lipinski definition) is 0. The highest BCUT2D eigenvalue weighted by molar-refractivity contribution is 9.10. The van der Waals surface area contributed by atoms with Crippen LogP contribution in [0.15, 0.2) is 53.1 Å².